The number of sulfonamides is 1. The van der Waals surface area contributed by atoms with Crippen molar-refractivity contribution < 1.29 is 22.4 Å². The molecule has 2 N–H and O–H groups in total. The second-order valence-electron chi connectivity index (χ2n) is 9.51. The van der Waals surface area contributed by atoms with E-state index in [1.165, 1.54) is 0 Å². The maximum atomic E-state index is 14.1. The van der Waals surface area contributed by atoms with Crippen molar-refractivity contribution in [1.29, 1.82) is 5.26 Å². The number of nitriles is 1. The van der Waals surface area contributed by atoms with Crippen LogP contribution in [0.3, 0.4) is 0 Å². The Morgan fingerprint density at radius 1 is 1.18 bits per heavy atom. The number of nitrogens with zero attached hydrogens (tertiary/aromatic N) is 2. The third kappa shape index (κ3) is 5.33. The first kappa shape index (κ1) is 27.1. The van der Waals surface area contributed by atoms with E-state index in [9.17, 15) is 13.2 Å². The number of nitrogens with one attached hydrogen (secondary N) is 2. The Morgan fingerprint density at radius 2 is 1.98 bits per heavy atom. The fourth-order valence-electron chi connectivity index (χ4n) is 4.88. The van der Waals surface area contributed by atoms with Gasteiger partial charge in [0.2, 0.25) is 0 Å². The van der Waals surface area contributed by atoms with Crippen LogP contribution in [0, 0.1) is 18.3 Å². The largest absolute Gasteiger partial charge is 0.465 e. The highest BCUT2D eigenvalue weighted by Crippen LogP contribution is 2.35. The number of fused-ring (bicyclic) bond motifs is 2. The molecular weight excluding hydrogens is 528 g/mol. The summed E-state index contributed by atoms with van der Waals surface area (Å²) in [6, 6.07) is 19.6. The highest BCUT2D eigenvalue weighted by Gasteiger charge is 2.32. The van der Waals surface area contributed by atoms with E-state index in [2.05, 4.69) is 16.7 Å². The lowest BCUT2D eigenvalue weighted by Crippen LogP contribution is -2.37. The highest BCUT2D eigenvalue weighted by atomic mass is 32.2. The predicted octanol–water partition coefficient (Wildman–Crippen LogP) is 5.34. The fraction of sp³-hybridized carbons (Fsp3) is 0.267. The molecule has 3 aromatic carbocycles. The first-order valence-electron chi connectivity index (χ1n) is 13.1. The van der Waals surface area contributed by atoms with Gasteiger partial charge < -0.3 is 19.8 Å². The first-order valence-corrected chi connectivity index (χ1v) is 14.6. The Kier molecular flexibility index (Phi) is 7.67. The molecule has 0 spiro atoms. The molecule has 5 rings (SSSR count). The van der Waals surface area contributed by atoms with E-state index in [4.69, 9.17) is 14.4 Å². The molecule has 40 heavy (non-hydrogen) atoms. The van der Waals surface area contributed by atoms with Crippen molar-refractivity contribution in [3.63, 3.8) is 0 Å². The predicted molar refractivity (Wildman–Crippen MR) is 154 cm³/mol. The minimum Gasteiger partial charge on any atom is -0.465 e. The molecule has 0 saturated heterocycles. The lowest BCUT2D eigenvalue weighted by molar-refractivity contribution is -0.141. The Balaban J connectivity index is 1.50. The van der Waals surface area contributed by atoms with E-state index >= 15 is 0 Å². The Morgan fingerprint density at radius 3 is 2.73 bits per heavy atom. The highest BCUT2D eigenvalue weighted by molar-refractivity contribution is 7.93. The molecule has 0 atom stereocenters. The minimum absolute atomic E-state index is 0.122. The van der Waals surface area contributed by atoms with Gasteiger partial charge in [-0.1, -0.05) is 12.1 Å². The molecule has 1 aliphatic rings. The van der Waals surface area contributed by atoms with Crippen molar-refractivity contribution in [2.75, 3.05) is 34.6 Å². The van der Waals surface area contributed by atoms with E-state index in [-0.39, 0.29) is 11.5 Å². The van der Waals surface area contributed by atoms with Crippen LogP contribution in [0.15, 0.2) is 70.0 Å². The molecule has 0 fully saturated rings. The number of ether oxygens (including phenoxy) is 1. The summed E-state index contributed by atoms with van der Waals surface area (Å²) in [5.74, 6) is 0.0458. The number of benzene rings is 3. The van der Waals surface area contributed by atoms with Crippen molar-refractivity contribution in [1.82, 2.24) is 0 Å². The molecular formula is C30H30N4O5S. The van der Waals surface area contributed by atoms with Crippen molar-refractivity contribution in [3.8, 4) is 6.07 Å². The lowest BCUT2D eigenvalue weighted by Gasteiger charge is -2.27. The van der Waals surface area contributed by atoms with Gasteiger partial charge in [0, 0.05) is 29.2 Å². The number of carbonyl (C=O) groups excluding carboxylic acids is 1. The summed E-state index contributed by atoms with van der Waals surface area (Å²) >= 11 is 0. The van der Waals surface area contributed by atoms with Crippen LogP contribution in [0.5, 0.6) is 0 Å². The second-order valence-corrected chi connectivity index (χ2v) is 11.3. The summed E-state index contributed by atoms with van der Waals surface area (Å²) in [5.41, 5.74) is 4.65. The van der Waals surface area contributed by atoms with Gasteiger partial charge in [-0.25, -0.2) is 8.42 Å². The number of furan rings is 1. The molecule has 1 aliphatic heterocycles. The van der Waals surface area contributed by atoms with Crippen LogP contribution < -0.4 is 14.9 Å². The van der Waals surface area contributed by atoms with Gasteiger partial charge in [-0.3, -0.25) is 9.10 Å². The molecule has 206 valence electrons. The van der Waals surface area contributed by atoms with Crippen LogP contribution in [0.25, 0.3) is 11.0 Å². The van der Waals surface area contributed by atoms with Gasteiger partial charge in [-0.2, -0.15) is 5.26 Å². The molecule has 0 bridgehead atoms. The number of anilines is 3. The molecule has 4 aromatic rings. The zero-order chi connectivity index (χ0) is 28.3. The molecule has 0 saturated carbocycles. The number of esters is 1. The van der Waals surface area contributed by atoms with Crippen LogP contribution in [0.2, 0.25) is 0 Å². The van der Waals surface area contributed by atoms with E-state index in [1.807, 2.05) is 25.1 Å². The molecule has 0 aliphatic carbocycles. The molecule has 9 nitrogen and oxygen atoms in total. The van der Waals surface area contributed by atoms with Crippen LogP contribution in [-0.2, 0) is 32.5 Å². The van der Waals surface area contributed by atoms with Crippen LogP contribution in [0.4, 0.5) is 17.1 Å². The van der Waals surface area contributed by atoms with Gasteiger partial charge in [0.1, 0.15) is 22.8 Å². The van der Waals surface area contributed by atoms with Gasteiger partial charge >= 0.3 is 5.97 Å². The zero-order valence-electron chi connectivity index (χ0n) is 22.4. The van der Waals surface area contributed by atoms with E-state index in [1.54, 1.807) is 49.4 Å². The van der Waals surface area contributed by atoms with Crippen LogP contribution in [0.1, 0.15) is 35.8 Å². The average Bonchev–Trinajstić information content (AvgIpc) is 3.29. The topological polar surface area (TPSA) is 125 Å². The van der Waals surface area contributed by atoms with Gasteiger partial charge in [0.25, 0.3) is 10.0 Å². The van der Waals surface area contributed by atoms with Crippen LogP contribution in [-0.4, -0.2) is 34.1 Å². The smallest absolute Gasteiger partial charge is 0.326 e. The third-order valence-electron chi connectivity index (χ3n) is 6.96. The summed E-state index contributed by atoms with van der Waals surface area (Å²) in [6.45, 7) is 4.36. The molecule has 1 aromatic heterocycles. The molecule has 0 unspecified atom stereocenters. The summed E-state index contributed by atoms with van der Waals surface area (Å²) in [6.07, 6.45) is 1.69. The number of aryl methyl sites for hydroxylation is 2. The van der Waals surface area contributed by atoms with Gasteiger partial charge in [0.15, 0.2) is 0 Å². The van der Waals surface area contributed by atoms with Crippen molar-refractivity contribution in [2.45, 2.75) is 38.1 Å². The summed E-state index contributed by atoms with van der Waals surface area (Å²) in [7, 11) is -4.14. The standard InChI is InChI=1S/C30H30N4O5S/c1-3-38-29(35)19-34(40(36,37)28-8-4-6-22-7-5-15-32-30(22)28)24-13-14-25-20(2)27(39-26(25)16-24)18-33-23-11-9-21(17-31)10-12-23/h4,6,8-14,16,32-33H,3,5,7,15,18-19H2,1-2H3. The van der Waals surface area contributed by atoms with Crippen molar-refractivity contribution in [2.24, 2.45) is 0 Å². The molecule has 10 heteroatoms. The van der Waals surface area contributed by atoms with Crippen molar-refractivity contribution in [3.05, 3.63) is 83.1 Å². The molecule has 0 amide bonds. The number of para-hydroxylation sites is 1. The minimum atomic E-state index is -4.14. The molecule has 2 heterocycles. The maximum Gasteiger partial charge on any atom is 0.326 e. The van der Waals surface area contributed by atoms with E-state index in [0.717, 1.165) is 39.3 Å². The monoisotopic (exact) mass is 558 g/mol. The number of hydrogen-bond donors (Lipinski definition) is 2. The maximum absolute atomic E-state index is 14.1. The Hall–Kier alpha value is -4.49. The quantitative estimate of drug-likeness (QED) is 0.264. The second kappa shape index (κ2) is 11.3. The fourth-order valence-corrected chi connectivity index (χ4v) is 6.50. The number of rotatable bonds is 9. The number of hydrogen-bond acceptors (Lipinski definition) is 8. The Bertz CT molecular complexity index is 1700. The van der Waals surface area contributed by atoms with Gasteiger partial charge in [0.05, 0.1) is 36.2 Å². The summed E-state index contributed by atoms with van der Waals surface area (Å²) in [4.78, 5) is 12.7. The SMILES string of the molecule is CCOC(=O)CN(c1ccc2c(C)c(CNc3ccc(C#N)cc3)oc2c1)S(=O)(=O)c1cccc2c1NCCC2. The lowest BCUT2D eigenvalue weighted by atomic mass is 10.0. The first-order chi connectivity index (χ1) is 19.3. The van der Waals surface area contributed by atoms with E-state index < -0.39 is 22.5 Å². The summed E-state index contributed by atoms with van der Waals surface area (Å²) in [5, 5.41) is 16.4. The van der Waals surface area contributed by atoms with E-state index in [0.29, 0.717) is 41.4 Å². The van der Waals surface area contributed by atoms with Gasteiger partial charge in [-0.15, -0.1) is 0 Å². The average molecular weight is 559 g/mol. The zero-order valence-corrected chi connectivity index (χ0v) is 23.2. The summed E-state index contributed by atoms with van der Waals surface area (Å²) < 4.78 is 40.5. The molecule has 0 radical (unpaired) electrons. The van der Waals surface area contributed by atoms with Gasteiger partial charge in [-0.05, 0) is 74.7 Å². The van der Waals surface area contributed by atoms with Crippen molar-refractivity contribution >= 4 is 44.0 Å². The van der Waals surface area contributed by atoms with Crippen LogP contribution >= 0.6 is 0 Å². The number of carbonyl (C=O) groups is 1. The normalized spacial score (nSPS) is 12.7. The Labute approximate surface area is 233 Å². The third-order valence-corrected chi connectivity index (χ3v) is 8.78.